The van der Waals surface area contributed by atoms with E-state index in [4.69, 9.17) is 23.7 Å². The number of carbonyl (C=O) groups is 3. The highest BCUT2D eigenvalue weighted by molar-refractivity contribution is 5.91. The lowest BCUT2D eigenvalue weighted by Gasteiger charge is -2.09. The van der Waals surface area contributed by atoms with Gasteiger partial charge in [-0.25, -0.2) is 14.4 Å². The van der Waals surface area contributed by atoms with Crippen molar-refractivity contribution in [1.29, 1.82) is 0 Å². The van der Waals surface area contributed by atoms with Crippen LogP contribution in [-0.2, 0) is 19.1 Å². The molecule has 0 aliphatic heterocycles. The van der Waals surface area contributed by atoms with Gasteiger partial charge in [-0.1, -0.05) is 13.2 Å². The van der Waals surface area contributed by atoms with Crippen LogP contribution in [0.15, 0.2) is 97.0 Å². The van der Waals surface area contributed by atoms with Crippen molar-refractivity contribution in [2.24, 2.45) is 4.99 Å². The zero-order valence-corrected chi connectivity index (χ0v) is 22.0. The monoisotopic (exact) mass is 543 g/mol. The summed E-state index contributed by atoms with van der Waals surface area (Å²) in [6.07, 6.45) is 3.90. The van der Waals surface area contributed by atoms with Gasteiger partial charge < -0.3 is 23.7 Å². The van der Waals surface area contributed by atoms with E-state index in [1.165, 1.54) is 0 Å². The molecule has 0 unspecified atom stereocenters. The molecule has 40 heavy (non-hydrogen) atoms. The Balaban J connectivity index is 1.48. The Morgan fingerprint density at radius 3 is 1.77 bits per heavy atom. The van der Waals surface area contributed by atoms with E-state index in [9.17, 15) is 14.4 Å². The Hall–Kier alpha value is -5.18. The highest BCUT2D eigenvalue weighted by Crippen LogP contribution is 2.25. The van der Waals surface area contributed by atoms with Crippen molar-refractivity contribution in [1.82, 2.24) is 0 Å². The van der Waals surface area contributed by atoms with Gasteiger partial charge in [0, 0.05) is 18.4 Å². The number of hydrogen-bond donors (Lipinski definition) is 0. The highest BCUT2D eigenvalue weighted by atomic mass is 16.6. The van der Waals surface area contributed by atoms with Gasteiger partial charge in [0.15, 0.2) is 0 Å². The quantitative estimate of drug-likeness (QED) is 0.0900. The molecule has 206 valence electrons. The molecular weight excluding hydrogens is 514 g/mol. The summed E-state index contributed by atoms with van der Waals surface area (Å²) in [6, 6.07) is 18.9. The van der Waals surface area contributed by atoms with Crippen LogP contribution >= 0.6 is 0 Å². The zero-order chi connectivity index (χ0) is 28.7. The molecule has 3 rings (SSSR count). The van der Waals surface area contributed by atoms with Crippen molar-refractivity contribution < 1.29 is 38.1 Å². The average Bonchev–Trinajstić information content (AvgIpc) is 2.97. The zero-order valence-electron chi connectivity index (χ0n) is 22.0. The molecule has 0 N–H and O–H groups in total. The molecule has 0 aromatic heterocycles. The van der Waals surface area contributed by atoms with Crippen LogP contribution in [0.2, 0.25) is 0 Å². The fourth-order valence-corrected chi connectivity index (χ4v) is 3.21. The Morgan fingerprint density at radius 2 is 1.25 bits per heavy atom. The standard InChI is InChI=1S/C31H29NO8/c1-4-29(33)38-18-16-36-25-10-6-23(7-11-25)21-32-28-15-14-27(20-22(28)3)40-31(35)24-8-12-26(13-9-24)37-17-19-39-30(34)5-2/h4-15,20-21H,1-2,16-19H2,3H3. The number of benzene rings is 3. The third-order valence-electron chi connectivity index (χ3n) is 5.23. The van der Waals surface area contributed by atoms with Crippen molar-refractivity contribution in [3.05, 3.63) is 109 Å². The van der Waals surface area contributed by atoms with E-state index in [1.54, 1.807) is 60.8 Å². The van der Waals surface area contributed by atoms with Crippen molar-refractivity contribution in [2.45, 2.75) is 6.92 Å². The highest BCUT2D eigenvalue weighted by Gasteiger charge is 2.10. The van der Waals surface area contributed by atoms with Gasteiger partial charge in [0.25, 0.3) is 0 Å². The number of rotatable bonds is 14. The minimum absolute atomic E-state index is 0.0905. The van der Waals surface area contributed by atoms with Crippen LogP contribution in [0, 0.1) is 6.92 Å². The molecule has 3 aromatic carbocycles. The van der Waals surface area contributed by atoms with Crippen LogP contribution in [0.4, 0.5) is 5.69 Å². The molecule has 0 saturated heterocycles. The molecule has 9 heteroatoms. The lowest BCUT2D eigenvalue weighted by molar-refractivity contribution is -0.139. The van der Waals surface area contributed by atoms with Crippen molar-refractivity contribution >= 4 is 29.8 Å². The summed E-state index contributed by atoms with van der Waals surface area (Å²) in [6.45, 7) is 9.16. The van der Waals surface area contributed by atoms with Crippen molar-refractivity contribution in [3.63, 3.8) is 0 Å². The number of hydrogen-bond acceptors (Lipinski definition) is 9. The van der Waals surface area contributed by atoms with Crippen LogP contribution in [0.3, 0.4) is 0 Å². The van der Waals surface area contributed by atoms with Crippen molar-refractivity contribution in [2.75, 3.05) is 26.4 Å². The molecule has 0 amide bonds. The number of aliphatic imine (C=N–C) groups is 1. The first-order valence-electron chi connectivity index (χ1n) is 12.3. The lowest BCUT2D eigenvalue weighted by Crippen LogP contribution is -2.11. The minimum Gasteiger partial charge on any atom is -0.490 e. The number of nitrogens with zero attached hydrogens (tertiary/aromatic N) is 1. The van der Waals surface area contributed by atoms with Gasteiger partial charge in [-0.3, -0.25) is 4.99 Å². The maximum atomic E-state index is 12.6. The maximum Gasteiger partial charge on any atom is 0.343 e. The van der Waals surface area contributed by atoms with Crippen LogP contribution in [0.5, 0.6) is 17.2 Å². The number of carbonyl (C=O) groups excluding carboxylic acids is 3. The second-order valence-electron chi connectivity index (χ2n) is 8.13. The van der Waals surface area contributed by atoms with E-state index >= 15 is 0 Å². The van der Waals surface area contributed by atoms with E-state index in [0.717, 1.165) is 29.0 Å². The van der Waals surface area contributed by atoms with Gasteiger partial charge >= 0.3 is 17.9 Å². The number of esters is 3. The smallest absolute Gasteiger partial charge is 0.343 e. The molecule has 0 fully saturated rings. The normalized spacial score (nSPS) is 10.4. The van der Waals surface area contributed by atoms with Gasteiger partial charge in [0.1, 0.15) is 43.7 Å². The minimum atomic E-state index is -0.517. The van der Waals surface area contributed by atoms with Crippen LogP contribution in [-0.4, -0.2) is 50.6 Å². The molecule has 0 bridgehead atoms. The van der Waals surface area contributed by atoms with Crippen LogP contribution in [0.25, 0.3) is 0 Å². The van der Waals surface area contributed by atoms with Gasteiger partial charge in [0.05, 0.1) is 11.3 Å². The SMILES string of the molecule is C=CC(=O)OCCOc1ccc(C=Nc2ccc(OC(=O)c3ccc(OCCOC(=O)C=C)cc3)cc2C)cc1. The molecule has 0 spiro atoms. The Bertz CT molecular complexity index is 1360. The summed E-state index contributed by atoms with van der Waals surface area (Å²) in [7, 11) is 0. The summed E-state index contributed by atoms with van der Waals surface area (Å²) in [5.74, 6) is 0.0453. The second kappa shape index (κ2) is 15.3. The number of ether oxygens (including phenoxy) is 5. The Labute approximate surface area is 232 Å². The average molecular weight is 544 g/mol. The summed E-state index contributed by atoms with van der Waals surface area (Å²) in [5, 5.41) is 0. The maximum absolute atomic E-state index is 12.6. The fourth-order valence-electron chi connectivity index (χ4n) is 3.21. The fraction of sp³-hybridized carbons (Fsp3) is 0.161. The first-order chi connectivity index (χ1) is 19.4. The molecule has 0 atom stereocenters. The largest absolute Gasteiger partial charge is 0.490 e. The summed E-state index contributed by atoms with van der Waals surface area (Å²) >= 11 is 0. The van der Waals surface area contributed by atoms with Crippen LogP contribution < -0.4 is 14.2 Å². The second-order valence-corrected chi connectivity index (χ2v) is 8.13. The molecule has 0 heterocycles. The molecule has 0 saturated carbocycles. The van der Waals surface area contributed by atoms with Gasteiger partial charge in [-0.15, -0.1) is 0 Å². The van der Waals surface area contributed by atoms with E-state index < -0.39 is 17.9 Å². The van der Waals surface area contributed by atoms with E-state index in [-0.39, 0.29) is 26.4 Å². The van der Waals surface area contributed by atoms with Gasteiger partial charge in [0.2, 0.25) is 0 Å². The summed E-state index contributed by atoms with van der Waals surface area (Å²) < 4.78 is 26.2. The lowest BCUT2D eigenvalue weighted by atomic mass is 10.2. The van der Waals surface area contributed by atoms with E-state index in [1.807, 2.05) is 19.1 Å². The number of aryl methyl sites for hydroxylation is 1. The van der Waals surface area contributed by atoms with E-state index in [2.05, 4.69) is 18.2 Å². The van der Waals surface area contributed by atoms with Crippen LogP contribution in [0.1, 0.15) is 21.5 Å². The van der Waals surface area contributed by atoms with Crippen molar-refractivity contribution in [3.8, 4) is 17.2 Å². The molecule has 0 aliphatic rings. The predicted octanol–water partition coefficient (Wildman–Crippen LogP) is 5.18. The first-order valence-corrected chi connectivity index (χ1v) is 12.3. The first kappa shape index (κ1) is 29.4. The Kier molecular flexibility index (Phi) is 11.2. The topological polar surface area (TPSA) is 110 Å². The summed E-state index contributed by atoms with van der Waals surface area (Å²) in [4.78, 5) is 39.1. The molecular formula is C31H29NO8. The Morgan fingerprint density at radius 1 is 0.725 bits per heavy atom. The molecule has 0 aliphatic carbocycles. The molecule has 0 radical (unpaired) electrons. The predicted molar refractivity (Wildman–Crippen MR) is 150 cm³/mol. The third-order valence-corrected chi connectivity index (χ3v) is 5.23. The summed E-state index contributed by atoms with van der Waals surface area (Å²) in [5.41, 5.74) is 2.78. The van der Waals surface area contributed by atoms with Gasteiger partial charge in [-0.05, 0) is 84.8 Å². The third kappa shape index (κ3) is 9.60. The molecule has 3 aromatic rings. The molecule has 9 nitrogen and oxygen atoms in total. The van der Waals surface area contributed by atoms with E-state index in [0.29, 0.717) is 22.8 Å². The van der Waals surface area contributed by atoms with Gasteiger partial charge in [-0.2, -0.15) is 0 Å².